The van der Waals surface area contributed by atoms with E-state index in [1.165, 1.54) is 0 Å². The lowest BCUT2D eigenvalue weighted by Crippen LogP contribution is -2.29. The number of hydrogen-bond acceptors (Lipinski definition) is 5. The summed E-state index contributed by atoms with van der Waals surface area (Å²) < 4.78 is 0. The first-order valence-electron chi connectivity index (χ1n) is 2.56. The highest BCUT2D eigenvalue weighted by Crippen LogP contribution is 1.86. The molecule has 0 saturated heterocycles. The first kappa shape index (κ1) is 8.80. The Bertz CT molecular complexity index is 54.5. The van der Waals surface area contributed by atoms with E-state index < -0.39 is 6.10 Å². The molecule has 0 heterocycles. The number of hydrogen-bond donors (Lipinski definition) is 3. The van der Waals surface area contributed by atoms with Gasteiger partial charge in [-0.15, -0.1) is 0 Å². The Balaban J connectivity index is 3.18. The average Bonchev–Trinajstić information content (AvgIpc) is 1.88. The van der Waals surface area contributed by atoms with E-state index in [1.807, 2.05) is 0 Å². The second-order valence-electron chi connectivity index (χ2n) is 1.58. The summed E-state index contributed by atoms with van der Waals surface area (Å²) in [6, 6.07) is 0. The first-order chi connectivity index (χ1) is 4.35. The maximum atomic E-state index is 8.06. The van der Waals surface area contributed by atoms with Crippen molar-refractivity contribution in [3.8, 4) is 0 Å². The topological polar surface area (TPSA) is 71.0 Å². The number of nitrogens with one attached hydrogen (secondary N) is 1. The molecule has 0 rings (SSSR count). The van der Waals surface area contributed by atoms with E-state index in [0.717, 1.165) is 0 Å². The van der Waals surface area contributed by atoms with Crippen molar-refractivity contribution >= 4 is 0 Å². The molecule has 0 fully saturated rings. The zero-order chi connectivity index (χ0) is 7.11. The predicted molar refractivity (Wildman–Crippen MR) is 30.0 cm³/mol. The molecule has 3 N–H and O–H groups in total. The predicted octanol–water partition coefficient (Wildman–Crippen LogP) is -0.446. The molecular weight excluding hydrogens is 126 g/mol. The lowest BCUT2D eigenvalue weighted by atomic mass is 10.4. The monoisotopic (exact) mass is 137 g/mol. The van der Waals surface area contributed by atoms with Gasteiger partial charge in [-0.3, -0.25) is 10.5 Å². The quantitative estimate of drug-likeness (QED) is 0.354. The standard InChI is InChI=1S/C4H11NO4/c1-5-2-4(9-7)3-8-6/h4-7H,2-3H2,1H3. The van der Waals surface area contributed by atoms with Crippen LogP contribution < -0.4 is 5.32 Å². The highest BCUT2D eigenvalue weighted by molar-refractivity contribution is 4.54. The Labute approximate surface area is 53.1 Å². The normalized spacial score (nSPS) is 13.7. The minimum atomic E-state index is -0.514. The zero-order valence-corrected chi connectivity index (χ0v) is 5.20. The fourth-order valence-electron chi connectivity index (χ4n) is 0.437. The molecule has 5 heteroatoms. The SMILES string of the molecule is CNCC(COO)OO. The molecule has 1 atom stereocenters. The van der Waals surface area contributed by atoms with Crippen LogP contribution in [-0.4, -0.2) is 36.8 Å². The Morgan fingerprint density at radius 3 is 2.56 bits per heavy atom. The third-order valence-electron chi connectivity index (χ3n) is 0.841. The van der Waals surface area contributed by atoms with Crippen LogP contribution in [0.25, 0.3) is 0 Å². The van der Waals surface area contributed by atoms with Gasteiger partial charge in [0.05, 0.1) is 0 Å². The third-order valence-corrected chi connectivity index (χ3v) is 0.841. The second-order valence-corrected chi connectivity index (χ2v) is 1.58. The van der Waals surface area contributed by atoms with Crippen LogP contribution in [0.4, 0.5) is 0 Å². The van der Waals surface area contributed by atoms with Crippen LogP contribution in [0.1, 0.15) is 0 Å². The molecule has 0 aliphatic carbocycles. The molecule has 0 aliphatic rings. The Morgan fingerprint density at radius 2 is 2.22 bits per heavy atom. The summed E-state index contributed by atoms with van der Waals surface area (Å²) in [6.07, 6.45) is -0.514. The highest BCUT2D eigenvalue weighted by atomic mass is 17.1. The van der Waals surface area contributed by atoms with Gasteiger partial charge in [0.15, 0.2) is 0 Å². The van der Waals surface area contributed by atoms with Gasteiger partial charge in [0.25, 0.3) is 0 Å². The van der Waals surface area contributed by atoms with Gasteiger partial charge in [-0.1, -0.05) is 0 Å². The van der Waals surface area contributed by atoms with Gasteiger partial charge in [0, 0.05) is 6.54 Å². The van der Waals surface area contributed by atoms with Crippen LogP contribution in [0.5, 0.6) is 0 Å². The molecule has 0 spiro atoms. The summed E-state index contributed by atoms with van der Waals surface area (Å²) in [4.78, 5) is 7.61. The van der Waals surface area contributed by atoms with Crippen LogP contribution in [0.15, 0.2) is 0 Å². The van der Waals surface area contributed by atoms with Crippen LogP contribution >= 0.6 is 0 Å². The van der Waals surface area contributed by atoms with Crippen molar-refractivity contribution < 1.29 is 20.3 Å². The second kappa shape index (κ2) is 5.93. The van der Waals surface area contributed by atoms with E-state index in [0.29, 0.717) is 6.54 Å². The van der Waals surface area contributed by atoms with E-state index in [2.05, 4.69) is 15.1 Å². The lowest BCUT2D eigenvalue weighted by molar-refractivity contribution is -0.324. The van der Waals surface area contributed by atoms with E-state index in [4.69, 9.17) is 10.5 Å². The number of likely N-dealkylation sites (N-methyl/N-ethyl adjacent to an activating group) is 1. The van der Waals surface area contributed by atoms with Crippen molar-refractivity contribution in [2.24, 2.45) is 0 Å². The third kappa shape index (κ3) is 4.31. The molecule has 0 bridgehead atoms. The zero-order valence-electron chi connectivity index (χ0n) is 5.20. The Hall–Kier alpha value is -0.200. The average molecular weight is 137 g/mol. The minimum absolute atomic E-state index is 0.0443. The van der Waals surface area contributed by atoms with Gasteiger partial charge < -0.3 is 5.32 Å². The smallest absolute Gasteiger partial charge is 0.131 e. The highest BCUT2D eigenvalue weighted by Gasteiger charge is 2.06. The molecule has 0 aromatic rings. The van der Waals surface area contributed by atoms with Gasteiger partial charge in [-0.25, -0.2) is 9.78 Å². The summed E-state index contributed by atoms with van der Waals surface area (Å²) in [5.41, 5.74) is 0. The van der Waals surface area contributed by atoms with Gasteiger partial charge in [-0.2, -0.15) is 0 Å². The fourth-order valence-corrected chi connectivity index (χ4v) is 0.437. The van der Waals surface area contributed by atoms with Gasteiger partial charge in [0.1, 0.15) is 12.7 Å². The van der Waals surface area contributed by atoms with Crippen LogP contribution in [0.2, 0.25) is 0 Å². The van der Waals surface area contributed by atoms with Crippen molar-refractivity contribution in [3.05, 3.63) is 0 Å². The molecule has 0 saturated carbocycles. The summed E-state index contributed by atoms with van der Waals surface area (Å²) in [6.45, 7) is 0.383. The van der Waals surface area contributed by atoms with E-state index >= 15 is 0 Å². The largest absolute Gasteiger partial charge is 0.317 e. The van der Waals surface area contributed by atoms with Crippen molar-refractivity contribution in [3.63, 3.8) is 0 Å². The number of rotatable bonds is 5. The Morgan fingerprint density at radius 1 is 1.56 bits per heavy atom. The van der Waals surface area contributed by atoms with Crippen molar-refractivity contribution in [1.29, 1.82) is 0 Å². The van der Waals surface area contributed by atoms with E-state index in [9.17, 15) is 0 Å². The van der Waals surface area contributed by atoms with Crippen molar-refractivity contribution in [2.75, 3.05) is 20.2 Å². The molecule has 0 aromatic heterocycles. The Kier molecular flexibility index (Phi) is 5.80. The summed E-state index contributed by atoms with van der Waals surface area (Å²) >= 11 is 0. The molecule has 0 radical (unpaired) electrons. The van der Waals surface area contributed by atoms with E-state index in [-0.39, 0.29) is 6.61 Å². The van der Waals surface area contributed by atoms with Crippen LogP contribution in [-0.2, 0) is 9.78 Å². The minimum Gasteiger partial charge on any atom is -0.317 e. The summed E-state index contributed by atoms with van der Waals surface area (Å²) in [5, 5.41) is 18.7. The molecule has 5 nitrogen and oxygen atoms in total. The summed E-state index contributed by atoms with van der Waals surface area (Å²) in [7, 11) is 1.70. The fraction of sp³-hybridized carbons (Fsp3) is 1.00. The molecule has 0 aliphatic heterocycles. The lowest BCUT2D eigenvalue weighted by Gasteiger charge is -2.08. The van der Waals surface area contributed by atoms with Crippen LogP contribution in [0.3, 0.4) is 0 Å². The van der Waals surface area contributed by atoms with Crippen LogP contribution in [0, 0.1) is 0 Å². The molecule has 0 aromatic carbocycles. The maximum Gasteiger partial charge on any atom is 0.131 e. The molecule has 1 unspecified atom stereocenters. The van der Waals surface area contributed by atoms with E-state index in [1.54, 1.807) is 7.05 Å². The molecular formula is C4H11NO4. The molecule has 0 amide bonds. The summed E-state index contributed by atoms with van der Waals surface area (Å²) in [5.74, 6) is 0. The molecule has 56 valence electrons. The van der Waals surface area contributed by atoms with Gasteiger partial charge in [0.2, 0.25) is 0 Å². The van der Waals surface area contributed by atoms with Crippen molar-refractivity contribution in [1.82, 2.24) is 5.32 Å². The maximum absolute atomic E-state index is 8.06. The first-order valence-corrected chi connectivity index (χ1v) is 2.56. The molecule has 9 heavy (non-hydrogen) atoms. The van der Waals surface area contributed by atoms with Gasteiger partial charge in [-0.05, 0) is 7.05 Å². The van der Waals surface area contributed by atoms with Crippen molar-refractivity contribution in [2.45, 2.75) is 6.10 Å². The van der Waals surface area contributed by atoms with Gasteiger partial charge >= 0.3 is 0 Å².